The summed E-state index contributed by atoms with van der Waals surface area (Å²) >= 11 is 0. The van der Waals surface area contributed by atoms with Gasteiger partial charge >= 0.3 is 6.18 Å². The topological polar surface area (TPSA) is 62.9 Å². The van der Waals surface area contributed by atoms with Gasteiger partial charge < -0.3 is 4.57 Å². The van der Waals surface area contributed by atoms with Crippen LogP contribution in [-0.4, -0.2) is 25.0 Å². The van der Waals surface area contributed by atoms with Gasteiger partial charge in [-0.05, 0) is 24.6 Å². The van der Waals surface area contributed by atoms with Crippen LogP contribution in [0.5, 0.6) is 0 Å². The molecule has 1 aromatic heterocycles. The first-order valence-corrected chi connectivity index (χ1v) is 8.93. The summed E-state index contributed by atoms with van der Waals surface area (Å²) in [6, 6.07) is 4.92. The van der Waals surface area contributed by atoms with Gasteiger partial charge in [0, 0.05) is 29.4 Å². The fourth-order valence-corrected chi connectivity index (χ4v) is 3.79. The summed E-state index contributed by atoms with van der Waals surface area (Å²) < 4.78 is 64.4. The normalized spacial score (nSPS) is 13.9. The van der Waals surface area contributed by atoms with Crippen LogP contribution in [0.25, 0.3) is 10.9 Å². The number of nitriles is 1. The van der Waals surface area contributed by atoms with E-state index in [2.05, 4.69) is 0 Å². The van der Waals surface area contributed by atoms with Gasteiger partial charge in [0.25, 0.3) is 0 Å². The van der Waals surface area contributed by atoms with E-state index in [1.54, 1.807) is 13.0 Å². The Balaban J connectivity index is 2.69. The largest absolute Gasteiger partial charge is 0.418 e. The highest BCUT2D eigenvalue weighted by atomic mass is 32.2. The van der Waals surface area contributed by atoms with Crippen LogP contribution in [0.4, 0.5) is 13.2 Å². The highest BCUT2D eigenvalue weighted by Crippen LogP contribution is 2.38. The Labute approximate surface area is 132 Å². The molecule has 0 spiro atoms. The number of fused-ring (bicyclic) bond motifs is 1. The zero-order valence-electron chi connectivity index (χ0n) is 12.6. The molecule has 4 nitrogen and oxygen atoms in total. The second-order valence-corrected chi connectivity index (χ2v) is 7.59. The molecule has 0 radical (unpaired) electrons. The lowest BCUT2D eigenvalue weighted by molar-refractivity contribution is -0.136. The molecule has 2 rings (SSSR count). The van der Waals surface area contributed by atoms with Gasteiger partial charge in [-0.1, -0.05) is 6.92 Å². The molecule has 0 bridgehead atoms. The maximum atomic E-state index is 13.3. The molecular weight excluding hydrogens is 329 g/mol. The van der Waals surface area contributed by atoms with E-state index in [4.69, 9.17) is 5.26 Å². The van der Waals surface area contributed by atoms with Crippen LogP contribution in [0.2, 0.25) is 0 Å². The Morgan fingerprint density at radius 3 is 2.43 bits per heavy atom. The van der Waals surface area contributed by atoms with Gasteiger partial charge in [0.05, 0.1) is 22.9 Å². The van der Waals surface area contributed by atoms with Gasteiger partial charge in [-0.3, -0.25) is 0 Å². The highest BCUT2D eigenvalue weighted by molar-refractivity contribution is 7.90. The minimum atomic E-state index is -4.66. The quantitative estimate of drug-likeness (QED) is 0.852. The zero-order valence-corrected chi connectivity index (χ0v) is 13.4. The molecule has 1 atom stereocenters. The smallest absolute Gasteiger partial charge is 0.343 e. The molecule has 0 fully saturated rings. The number of halogens is 3. The van der Waals surface area contributed by atoms with Crippen LogP contribution < -0.4 is 0 Å². The summed E-state index contributed by atoms with van der Waals surface area (Å²) in [5.41, 5.74) is -1.16. The third-order valence-corrected chi connectivity index (χ3v) is 4.66. The van der Waals surface area contributed by atoms with Crippen LogP contribution in [-0.2, 0) is 16.0 Å². The van der Waals surface area contributed by atoms with Gasteiger partial charge in [-0.25, -0.2) is 8.42 Å². The molecule has 0 saturated carbocycles. The van der Waals surface area contributed by atoms with Crippen molar-refractivity contribution >= 4 is 20.7 Å². The number of hydrogen-bond acceptors (Lipinski definition) is 3. The Morgan fingerprint density at radius 2 is 1.96 bits per heavy atom. The molecular formula is C15H15F3N2O2S. The van der Waals surface area contributed by atoms with Crippen molar-refractivity contribution in [2.24, 2.45) is 0 Å². The average Bonchev–Trinajstić information content (AvgIpc) is 2.85. The van der Waals surface area contributed by atoms with E-state index in [1.807, 2.05) is 0 Å². The SMILES string of the molecule is CCC(CS(C)(=O)=O)n1ccc2c(C(F)(F)F)c(C#N)ccc21. The lowest BCUT2D eigenvalue weighted by atomic mass is 10.0. The Hall–Kier alpha value is -2.01. The van der Waals surface area contributed by atoms with Crippen molar-refractivity contribution in [3.05, 3.63) is 35.5 Å². The number of sulfone groups is 1. The molecule has 0 aliphatic rings. The second-order valence-electron chi connectivity index (χ2n) is 5.41. The van der Waals surface area contributed by atoms with Gasteiger partial charge in [0.15, 0.2) is 0 Å². The van der Waals surface area contributed by atoms with Crippen molar-refractivity contribution in [3.8, 4) is 6.07 Å². The summed E-state index contributed by atoms with van der Waals surface area (Å²) in [5, 5.41) is 8.83. The van der Waals surface area contributed by atoms with Gasteiger partial charge in [0.2, 0.25) is 0 Å². The third-order valence-electron chi connectivity index (χ3n) is 3.67. The number of benzene rings is 1. The maximum Gasteiger partial charge on any atom is 0.418 e. The maximum absolute atomic E-state index is 13.3. The summed E-state index contributed by atoms with van der Waals surface area (Å²) in [6.45, 7) is 1.77. The monoisotopic (exact) mass is 344 g/mol. The second kappa shape index (κ2) is 5.89. The standard InChI is InChI=1S/C15H15F3N2O2S/c1-3-11(9-23(2,21)22)20-7-6-12-13(20)5-4-10(8-19)14(12)15(16,17)18/h4-7,11H,3,9H2,1-2H3. The summed E-state index contributed by atoms with van der Waals surface area (Å²) in [4.78, 5) is 0. The first-order chi connectivity index (χ1) is 10.6. The van der Waals surface area contributed by atoms with Crippen LogP contribution in [0.3, 0.4) is 0 Å². The summed E-state index contributed by atoms with van der Waals surface area (Å²) in [7, 11) is -3.28. The fourth-order valence-electron chi connectivity index (χ4n) is 2.70. The molecule has 0 aliphatic heterocycles. The molecule has 1 heterocycles. The van der Waals surface area contributed by atoms with Crippen molar-refractivity contribution in [1.29, 1.82) is 5.26 Å². The number of hydrogen-bond donors (Lipinski definition) is 0. The van der Waals surface area contributed by atoms with E-state index in [0.29, 0.717) is 6.42 Å². The lowest BCUT2D eigenvalue weighted by Crippen LogP contribution is -2.18. The van der Waals surface area contributed by atoms with Crippen molar-refractivity contribution in [1.82, 2.24) is 4.57 Å². The van der Waals surface area contributed by atoms with Gasteiger partial charge in [-0.2, -0.15) is 18.4 Å². The van der Waals surface area contributed by atoms with E-state index in [-0.39, 0.29) is 16.7 Å². The molecule has 0 amide bonds. The van der Waals surface area contributed by atoms with E-state index >= 15 is 0 Å². The summed E-state index contributed by atoms with van der Waals surface area (Å²) in [6.07, 6.45) is -1.66. The molecule has 0 aliphatic carbocycles. The van der Waals surface area contributed by atoms with Crippen LogP contribution in [0.1, 0.15) is 30.5 Å². The van der Waals surface area contributed by atoms with Crippen molar-refractivity contribution in [2.75, 3.05) is 12.0 Å². The molecule has 0 N–H and O–H groups in total. The predicted octanol–water partition coefficient (Wildman–Crippen LogP) is 3.53. The van der Waals surface area contributed by atoms with E-state index in [1.165, 1.54) is 22.9 Å². The Kier molecular flexibility index (Phi) is 4.44. The van der Waals surface area contributed by atoms with E-state index < -0.39 is 33.2 Å². The number of alkyl halides is 3. The van der Waals surface area contributed by atoms with Crippen molar-refractivity contribution in [3.63, 3.8) is 0 Å². The molecule has 124 valence electrons. The van der Waals surface area contributed by atoms with Crippen LogP contribution in [0.15, 0.2) is 24.4 Å². The lowest BCUT2D eigenvalue weighted by Gasteiger charge is -2.18. The van der Waals surface area contributed by atoms with E-state index in [9.17, 15) is 21.6 Å². The number of aromatic nitrogens is 1. The Morgan fingerprint density at radius 1 is 1.30 bits per heavy atom. The first-order valence-electron chi connectivity index (χ1n) is 6.87. The van der Waals surface area contributed by atoms with Gasteiger partial charge in [-0.15, -0.1) is 0 Å². The highest BCUT2D eigenvalue weighted by Gasteiger charge is 2.36. The number of rotatable bonds is 4. The Bertz CT molecular complexity index is 876. The van der Waals surface area contributed by atoms with E-state index in [0.717, 1.165) is 12.3 Å². The minimum absolute atomic E-state index is 0.0940. The van der Waals surface area contributed by atoms with Crippen LogP contribution in [0, 0.1) is 11.3 Å². The molecule has 2 aromatic rings. The molecule has 0 saturated heterocycles. The van der Waals surface area contributed by atoms with Crippen LogP contribution >= 0.6 is 0 Å². The van der Waals surface area contributed by atoms with Crippen molar-refractivity contribution < 1.29 is 21.6 Å². The zero-order chi connectivity index (χ0) is 17.4. The summed E-state index contributed by atoms with van der Waals surface area (Å²) in [5.74, 6) is -0.158. The number of nitrogens with zero attached hydrogens (tertiary/aromatic N) is 2. The minimum Gasteiger partial charge on any atom is -0.343 e. The third kappa shape index (κ3) is 3.50. The first kappa shape index (κ1) is 17.3. The van der Waals surface area contributed by atoms with Gasteiger partial charge in [0.1, 0.15) is 9.84 Å². The fraction of sp³-hybridized carbons (Fsp3) is 0.400. The molecule has 1 unspecified atom stereocenters. The molecule has 23 heavy (non-hydrogen) atoms. The molecule has 8 heteroatoms. The molecule has 1 aromatic carbocycles. The predicted molar refractivity (Wildman–Crippen MR) is 80.7 cm³/mol. The van der Waals surface area contributed by atoms with Crippen molar-refractivity contribution in [2.45, 2.75) is 25.6 Å². The average molecular weight is 344 g/mol.